The second-order valence-electron chi connectivity index (χ2n) is 4.98. The standard InChI is InChI=1S/C13H15Cl2NO/c1-7-4-12(7)16-11-2-3-17-13-9(11)5-8(14)6-10(13)15/h5-7,11-12,16H,2-4H2,1H3. The normalized spacial score (nSPS) is 30.6. The summed E-state index contributed by atoms with van der Waals surface area (Å²) in [6.07, 6.45) is 2.24. The van der Waals surface area contributed by atoms with Crippen LogP contribution < -0.4 is 10.1 Å². The van der Waals surface area contributed by atoms with E-state index in [1.54, 1.807) is 6.07 Å². The van der Waals surface area contributed by atoms with Crippen molar-refractivity contribution < 1.29 is 4.74 Å². The maximum atomic E-state index is 6.16. The predicted molar refractivity (Wildman–Crippen MR) is 70.0 cm³/mol. The third-order valence-corrected chi connectivity index (χ3v) is 4.09. The molecule has 3 unspecified atom stereocenters. The molecule has 1 aliphatic heterocycles. The molecular formula is C13H15Cl2NO. The van der Waals surface area contributed by atoms with E-state index in [0.717, 1.165) is 23.7 Å². The zero-order valence-corrected chi connectivity index (χ0v) is 11.2. The van der Waals surface area contributed by atoms with Crippen LogP contribution in [-0.4, -0.2) is 12.6 Å². The molecule has 1 heterocycles. The molecule has 1 N–H and O–H groups in total. The highest BCUT2D eigenvalue weighted by atomic mass is 35.5. The van der Waals surface area contributed by atoms with E-state index in [1.807, 2.05) is 6.07 Å². The van der Waals surface area contributed by atoms with Crippen molar-refractivity contribution in [2.45, 2.75) is 31.8 Å². The number of halogens is 2. The van der Waals surface area contributed by atoms with Crippen LogP contribution in [0.25, 0.3) is 0 Å². The second-order valence-corrected chi connectivity index (χ2v) is 5.83. The van der Waals surface area contributed by atoms with Crippen LogP contribution in [0.4, 0.5) is 0 Å². The fourth-order valence-corrected chi connectivity index (χ4v) is 2.98. The van der Waals surface area contributed by atoms with Gasteiger partial charge in [0.05, 0.1) is 11.6 Å². The van der Waals surface area contributed by atoms with E-state index in [4.69, 9.17) is 27.9 Å². The molecule has 0 spiro atoms. The number of ether oxygens (including phenoxy) is 1. The third kappa shape index (κ3) is 2.26. The lowest BCUT2D eigenvalue weighted by atomic mass is 10.0. The van der Waals surface area contributed by atoms with Gasteiger partial charge in [0.1, 0.15) is 5.75 Å². The Kier molecular flexibility index (Phi) is 2.97. The molecule has 92 valence electrons. The molecule has 1 aromatic rings. The van der Waals surface area contributed by atoms with Crippen LogP contribution >= 0.6 is 23.2 Å². The molecule has 0 radical (unpaired) electrons. The summed E-state index contributed by atoms with van der Waals surface area (Å²) in [5.41, 5.74) is 1.10. The topological polar surface area (TPSA) is 21.3 Å². The molecule has 4 heteroatoms. The molecule has 17 heavy (non-hydrogen) atoms. The molecule has 1 fully saturated rings. The molecule has 0 aromatic heterocycles. The molecule has 2 aliphatic rings. The molecule has 0 amide bonds. The van der Waals surface area contributed by atoms with Crippen LogP contribution in [0, 0.1) is 5.92 Å². The van der Waals surface area contributed by atoms with E-state index in [0.29, 0.717) is 28.7 Å². The summed E-state index contributed by atoms with van der Waals surface area (Å²) >= 11 is 12.2. The van der Waals surface area contributed by atoms with Gasteiger partial charge in [-0.1, -0.05) is 30.1 Å². The van der Waals surface area contributed by atoms with Crippen LogP contribution in [0.5, 0.6) is 5.75 Å². The van der Waals surface area contributed by atoms with Gasteiger partial charge in [0.15, 0.2) is 0 Å². The average Bonchev–Trinajstić information content (AvgIpc) is 2.95. The first-order chi connectivity index (χ1) is 8.15. The van der Waals surface area contributed by atoms with Crippen molar-refractivity contribution in [3.63, 3.8) is 0 Å². The van der Waals surface area contributed by atoms with Crippen LogP contribution in [-0.2, 0) is 0 Å². The largest absolute Gasteiger partial charge is 0.492 e. The van der Waals surface area contributed by atoms with Crippen molar-refractivity contribution in [3.8, 4) is 5.75 Å². The maximum Gasteiger partial charge on any atom is 0.142 e. The lowest BCUT2D eigenvalue weighted by Crippen LogP contribution is -2.29. The minimum Gasteiger partial charge on any atom is -0.492 e. The summed E-state index contributed by atoms with van der Waals surface area (Å²) in [5.74, 6) is 1.59. The van der Waals surface area contributed by atoms with Gasteiger partial charge in [0.25, 0.3) is 0 Å². The van der Waals surface area contributed by atoms with Gasteiger partial charge in [-0.2, -0.15) is 0 Å². The Morgan fingerprint density at radius 2 is 2.12 bits per heavy atom. The van der Waals surface area contributed by atoms with E-state index in [2.05, 4.69) is 12.2 Å². The molecule has 3 atom stereocenters. The Labute approximate surface area is 111 Å². The third-order valence-electron chi connectivity index (χ3n) is 3.59. The van der Waals surface area contributed by atoms with Gasteiger partial charge in [-0.05, 0) is 24.5 Å². The van der Waals surface area contributed by atoms with E-state index in [-0.39, 0.29) is 0 Å². The monoisotopic (exact) mass is 271 g/mol. The molecular weight excluding hydrogens is 257 g/mol. The molecule has 1 aromatic carbocycles. The van der Waals surface area contributed by atoms with E-state index in [9.17, 15) is 0 Å². The summed E-state index contributed by atoms with van der Waals surface area (Å²) < 4.78 is 5.64. The predicted octanol–water partition coefficient (Wildman–Crippen LogP) is 3.82. The van der Waals surface area contributed by atoms with Crippen LogP contribution in [0.1, 0.15) is 31.4 Å². The number of fused-ring (bicyclic) bond motifs is 1. The maximum absolute atomic E-state index is 6.16. The van der Waals surface area contributed by atoms with Crippen molar-refractivity contribution in [2.24, 2.45) is 5.92 Å². The Morgan fingerprint density at radius 3 is 2.82 bits per heavy atom. The zero-order chi connectivity index (χ0) is 12.0. The van der Waals surface area contributed by atoms with Gasteiger partial charge in [-0.25, -0.2) is 0 Å². The van der Waals surface area contributed by atoms with Gasteiger partial charge in [-0.3, -0.25) is 0 Å². The highest BCUT2D eigenvalue weighted by Crippen LogP contribution is 2.42. The lowest BCUT2D eigenvalue weighted by Gasteiger charge is -2.28. The summed E-state index contributed by atoms with van der Waals surface area (Å²) in [6.45, 7) is 2.98. The number of benzene rings is 1. The Balaban J connectivity index is 1.90. The highest BCUT2D eigenvalue weighted by molar-refractivity contribution is 6.35. The smallest absolute Gasteiger partial charge is 0.142 e. The fraction of sp³-hybridized carbons (Fsp3) is 0.538. The van der Waals surface area contributed by atoms with Gasteiger partial charge < -0.3 is 10.1 Å². The highest BCUT2D eigenvalue weighted by Gasteiger charge is 2.36. The van der Waals surface area contributed by atoms with Crippen LogP contribution in [0.2, 0.25) is 10.0 Å². The lowest BCUT2D eigenvalue weighted by molar-refractivity contribution is 0.251. The molecule has 0 bridgehead atoms. The van der Waals surface area contributed by atoms with E-state index in [1.165, 1.54) is 6.42 Å². The number of rotatable bonds is 2. The number of hydrogen-bond donors (Lipinski definition) is 1. The SMILES string of the molecule is CC1CC1NC1CCOc2c(Cl)cc(Cl)cc21. The summed E-state index contributed by atoms with van der Waals surface area (Å²) in [4.78, 5) is 0. The van der Waals surface area contributed by atoms with Crippen molar-refractivity contribution >= 4 is 23.2 Å². The summed E-state index contributed by atoms with van der Waals surface area (Å²) in [5, 5.41) is 4.95. The molecule has 0 saturated heterocycles. The number of nitrogens with one attached hydrogen (secondary N) is 1. The fourth-order valence-electron chi connectivity index (χ4n) is 2.41. The molecule has 3 rings (SSSR count). The van der Waals surface area contributed by atoms with Crippen molar-refractivity contribution in [1.29, 1.82) is 0 Å². The zero-order valence-electron chi connectivity index (χ0n) is 9.67. The Bertz CT molecular complexity index is 449. The first-order valence-electron chi connectivity index (χ1n) is 6.03. The van der Waals surface area contributed by atoms with Gasteiger partial charge in [0, 0.05) is 29.1 Å². The van der Waals surface area contributed by atoms with Crippen LogP contribution in [0.3, 0.4) is 0 Å². The van der Waals surface area contributed by atoms with Gasteiger partial charge in [0.2, 0.25) is 0 Å². The van der Waals surface area contributed by atoms with E-state index >= 15 is 0 Å². The van der Waals surface area contributed by atoms with Crippen molar-refractivity contribution in [2.75, 3.05) is 6.61 Å². The summed E-state index contributed by atoms with van der Waals surface area (Å²) in [6, 6.07) is 4.67. The van der Waals surface area contributed by atoms with Crippen molar-refractivity contribution in [3.05, 3.63) is 27.7 Å². The molecule has 2 nitrogen and oxygen atoms in total. The van der Waals surface area contributed by atoms with E-state index < -0.39 is 0 Å². The van der Waals surface area contributed by atoms with Gasteiger partial charge >= 0.3 is 0 Å². The van der Waals surface area contributed by atoms with Crippen LogP contribution in [0.15, 0.2) is 12.1 Å². The second kappa shape index (κ2) is 4.34. The first-order valence-corrected chi connectivity index (χ1v) is 6.78. The van der Waals surface area contributed by atoms with Crippen molar-refractivity contribution in [1.82, 2.24) is 5.32 Å². The number of hydrogen-bond acceptors (Lipinski definition) is 2. The molecule has 1 saturated carbocycles. The average molecular weight is 272 g/mol. The first kappa shape index (κ1) is 11.6. The minimum absolute atomic E-state index is 0.324. The van der Waals surface area contributed by atoms with Gasteiger partial charge in [-0.15, -0.1) is 0 Å². The molecule has 1 aliphatic carbocycles. The minimum atomic E-state index is 0.324. The summed E-state index contributed by atoms with van der Waals surface area (Å²) in [7, 11) is 0. The Morgan fingerprint density at radius 1 is 1.35 bits per heavy atom. The quantitative estimate of drug-likeness (QED) is 0.883. The Hall–Kier alpha value is -0.440.